The van der Waals surface area contributed by atoms with Crippen LogP contribution in [0.25, 0.3) is 10.2 Å². The normalized spacial score (nSPS) is 12.3. The van der Waals surface area contributed by atoms with E-state index in [0.29, 0.717) is 6.42 Å². The molecule has 1 heterocycles. The van der Waals surface area contributed by atoms with Gasteiger partial charge >= 0.3 is 0 Å². The maximum Gasteiger partial charge on any atom is 0.227 e. The number of benzene rings is 2. The number of nitrogens with zero attached hydrogens (tertiary/aromatic N) is 2. The van der Waals surface area contributed by atoms with Crippen LogP contribution in [0, 0.1) is 6.92 Å². The number of hydrogen-bond donors (Lipinski definition) is 0. The lowest BCUT2D eigenvalue weighted by Gasteiger charge is -2.23. The number of fused-ring (bicyclic) bond motifs is 1. The molecule has 0 radical (unpaired) electrons. The highest BCUT2D eigenvalue weighted by atomic mass is 32.1. The van der Waals surface area contributed by atoms with E-state index in [-0.39, 0.29) is 11.9 Å². The zero-order chi connectivity index (χ0) is 16.4. The summed E-state index contributed by atoms with van der Waals surface area (Å²) in [5.74, 6) is 0.117. The fourth-order valence-electron chi connectivity index (χ4n) is 2.55. The van der Waals surface area contributed by atoms with Crippen LogP contribution in [0.3, 0.4) is 0 Å². The molecule has 0 saturated heterocycles. The zero-order valence-corrected chi connectivity index (χ0v) is 14.4. The highest BCUT2D eigenvalue weighted by molar-refractivity contribution is 7.18. The topological polar surface area (TPSA) is 33.2 Å². The number of rotatable bonds is 4. The molecule has 3 rings (SSSR count). The van der Waals surface area contributed by atoms with Crippen molar-refractivity contribution in [3.63, 3.8) is 0 Å². The second-order valence-electron chi connectivity index (χ2n) is 5.80. The van der Waals surface area contributed by atoms with Gasteiger partial charge < -0.3 is 4.90 Å². The second kappa shape index (κ2) is 6.50. The first kappa shape index (κ1) is 15.7. The lowest BCUT2D eigenvalue weighted by molar-refractivity contribution is -0.131. The molecule has 0 saturated carbocycles. The number of thiazole rings is 1. The molecule has 23 heavy (non-hydrogen) atoms. The fourth-order valence-corrected chi connectivity index (χ4v) is 3.61. The van der Waals surface area contributed by atoms with Gasteiger partial charge in [0, 0.05) is 7.05 Å². The van der Waals surface area contributed by atoms with Crippen molar-refractivity contribution in [3.8, 4) is 0 Å². The number of likely N-dealkylation sites (N-methyl/N-ethyl adjacent to an activating group) is 1. The monoisotopic (exact) mass is 324 g/mol. The van der Waals surface area contributed by atoms with Crippen LogP contribution in [0.1, 0.15) is 29.1 Å². The Morgan fingerprint density at radius 2 is 1.87 bits per heavy atom. The predicted octanol–water partition coefficient (Wildman–Crippen LogP) is 4.37. The molecule has 1 atom stereocenters. The molecule has 0 fully saturated rings. The van der Waals surface area contributed by atoms with Crippen LogP contribution >= 0.6 is 11.3 Å². The molecule has 0 unspecified atom stereocenters. The van der Waals surface area contributed by atoms with Gasteiger partial charge in [0.1, 0.15) is 5.01 Å². The number of para-hydroxylation sites is 1. The maximum absolute atomic E-state index is 12.6. The van der Waals surface area contributed by atoms with Gasteiger partial charge in [-0.25, -0.2) is 4.98 Å². The third-order valence-electron chi connectivity index (χ3n) is 4.25. The summed E-state index contributed by atoms with van der Waals surface area (Å²) >= 11 is 1.66. The predicted molar refractivity (Wildman–Crippen MR) is 95.7 cm³/mol. The summed E-state index contributed by atoms with van der Waals surface area (Å²) < 4.78 is 1.16. The average Bonchev–Trinajstić information content (AvgIpc) is 2.99. The number of aromatic nitrogens is 1. The number of hydrogen-bond acceptors (Lipinski definition) is 3. The molecule has 0 spiro atoms. The van der Waals surface area contributed by atoms with E-state index in [1.807, 2.05) is 63.4 Å². The van der Waals surface area contributed by atoms with Crippen molar-refractivity contribution in [1.29, 1.82) is 0 Å². The Hall–Kier alpha value is -2.20. The van der Waals surface area contributed by atoms with Gasteiger partial charge in [-0.3, -0.25) is 4.79 Å². The third-order valence-corrected chi connectivity index (χ3v) is 5.45. The molecule has 1 aromatic heterocycles. The molecule has 4 heteroatoms. The van der Waals surface area contributed by atoms with Crippen LogP contribution in [-0.2, 0) is 11.2 Å². The van der Waals surface area contributed by atoms with Gasteiger partial charge in [-0.1, -0.05) is 36.4 Å². The highest BCUT2D eigenvalue weighted by Gasteiger charge is 2.21. The first-order valence-corrected chi connectivity index (χ1v) is 8.53. The molecule has 2 aromatic carbocycles. The van der Waals surface area contributed by atoms with Crippen molar-refractivity contribution < 1.29 is 4.79 Å². The lowest BCUT2D eigenvalue weighted by atomic mass is 10.1. The van der Waals surface area contributed by atoms with Crippen molar-refractivity contribution in [3.05, 3.63) is 64.7 Å². The molecular formula is C19H20N2OS. The molecule has 0 aliphatic heterocycles. The summed E-state index contributed by atoms with van der Waals surface area (Å²) in [6.07, 6.45) is 0.429. The molecule has 1 amide bonds. The number of aryl methyl sites for hydroxylation is 1. The molecule has 0 bridgehead atoms. The summed E-state index contributed by atoms with van der Waals surface area (Å²) in [5.41, 5.74) is 3.24. The first-order valence-electron chi connectivity index (χ1n) is 7.72. The Labute approximate surface area is 140 Å². The van der Waals surface area contributed by atoms with Crippen LogP contribution in [0.4, 0.5) is 0 Å². The van der Waals surface area contributed by atoms with Crippen molar-refractivity contribution >= 4 is 27.5 Å². The molecular weight excluding hydrogens is 304 g/mol. The minimum absolute atomic E-state index is 0.0241. The number of amides is 1. The van der Waals surface area contributed by atoms with Crippen LogP contribution in [0.5, 0.6) is 0 Å². The van der Waals surface area contributed by atoms with Gasteiger partial charge in [0.2, 0.25) is 5.91 Å². The Bertz CT molecular complexity index is 807. The minimum atomic E-state index is -0.0241. The van der Waals surface area contributed by atoms with Crippen LogP contribution in [-0.4, -0.2) is 22.8 Å². The third kappa shape index (κ3) is 3.27. The second-order valence-corrected chi connectivity index (χ2v) is 6.87. The Kier molecular flexibility index (Phi) is 4.44. The average molecular weight is 324 g/mol. The van der Waals surface area contributed by atoms with E-state index in [4.69, 9.17) is 0 Å². The first-order chi connectivity index (χ1) is 11.1. The Morgan fingerprint density at radius 3 is 2.61 bits per heavy atom. The van der Waals surface area contributed by atoms with E-state index >= 15 is 0 Å². The Morgan fingerprint density at radius 1 is 1.17 bits per heavy atom. The quantitative estimate of drug-likeness (QED) is 0.714. The smallest absolute Gasteiger partial charge is 0.227 e. The van der Waals surface area contributed by atoms with Crippen molar-refractivity contribution in [2.75, 3.05) is 7.05 Å². The summed E-state index contributed by atoms with van der Waals surface area (Å²) in [5, 5.41) is 0.979. The fraction of sp³-hybridized carbons (Fsp3) is 0.263. The van der Waals surface area contributed by atoms with E-state index < -0.39 is 0 Å². The van der Waals surface area contributed by atoms with E-state index in [1.54, 1.807) is 16.2 Å². The maximum atomic E-state index is 12.6. The van der Waals surface area contributed by atoms with Crippen molar-refractivity contribution in [2.24, 2.45) is 0 Å². The SMILES string of the molecule is Cc1ccccc1CC(=O)N(C)[C@@H](C)c1nc2ccccc2s1. The van der Waals surface area contributed by atoms with E-state index in [9.17, 15) is 4.79 Å². The van der Waals surface area contributed by atoms with Gasteiger partial charge in [-0.2, -0.15) is 0 Å². The standard InChI is InChI=1S/C19H20N2OS/c1-13-8-4-5-9-15(13)12-18(22)21(3)14(2)19-20-16-10-6-7-11-17(16)23-19/h4-11,14H,12H2,1-3H3/t14-/m0/s1. The lowest BCUT2D eigenvalue weighted by Crippen LogP contribution is -2.31. The zero-order valence-electron chi connectivity index (χ0n) is 13.6. The molecule has 0 aliphatic rings. The van der Waals surface area contributed by atoms with Gasteiger partial charge in [0.15, 0.2) is 0 Å². The molecule has 118 valence electrons. The summed E-state index contributed by atoms with van der Waals surface area (Å²) in [4.78, 5) is 19.1. The summed E-state index contributed by atoms with van der Waals surface area (Å²) in [6, 6.07) is 16.1. The van der Waals surface area contributed by atoms with Crippen LogP contribution < -0.4 is 0 Å². The van der Waals surface area contributed by atoms with E-state index in [2.05, 4.69) is 11.1 Å². The van der Waals surface area contributed by atoms with E-state index in [0.717, 1.165) is 26.4 Å². The van der Waals surface area contributed by atoms with Gasteiger partial charge in [0.05, 0.1) is 22.7 Å². The summed E-state index contributed by atoms with van der Waals surface area (Å²) in [7, 11) is 1.86. The van der Waals surface area contributed by atoms with Crippen LogP contribution in [0.2, 0.25) is 0 Å². The van der Waals surface area contributed by atoms with Gasteiger partial charge in [-0.15, -0.1) is 11.3 Å². The van der Waals surface area contributed by atoms with Crippen LogP contribution in [0.15, 0.2) is 48.5 Å². The highest BCUT2D eigenvalue weighted by Crippen LogP contribution is 2.29. The number of carbonyl (C=O) groups excluding carboxylic acids is 1. The molecule has 3 aromatic rings. The van der Waals surface area contributed by atoms with E-state index in [1.165, 1.54) is 0 Å². The van der Waals surface area contributed by atoms with Gasteiger partial charge in [-0.05, 0) is 37.1 Å². The molecule has 0 N–H and O–H groups in total. The van der Waals surface area contributed by atoms with Crippen molar-refractivity contribution in [2.45, 2.75) is 26.3 Å². The molecule has 3 nitrogen and oxygen atoms in total. The van der Waals surface area contributed by atoms with Crippen molar-refractivity contribution in [1.82, 2.24) is 9.88 Å². The Balaban J connectivity index is 1.77. The minimum Gasteiger partial charge on any atom is -0.336 e. The summed E-state index contributed by atoms with van der Waals surface area (Å²) in [6.45, 7) is 4.08. The largest absolute Gasteiger partial charge is 0.336 e. The number of carbonyl (C=O) groups is 1. The molecule has 0 aliphatic carbocycles. The van der Waals surface area contributed by atoms with Gasteiger partial charge in [0.25, 0.3) is 0 Å².